The minimum atomic E-state index is -0.824. The standard InChI is InChI=1S/C26H28O8/c1-25(2,3)16-11-13(9-10-14(16)23(29)31-7)20(28)17-15(12-27)19(26(4,5)6)18(24(30)32-8)22-21(17)33-34-22/h9-11,19H,1-8H3. The first kappa shape index (κ1) is 25.0. The van der Waals surface area contributed by atoms with E-state index in [1.807, 2.05) is 47.5 Å². The van der Waals surface area contributed by atoms with E-state index in [1.54, 1.807) is 6.07 Å². The van der Waals surface area contributed by atoms with Crippen LogP contribution in [0.3, 0.4) is 0 Å². The van der Waals surface area contributed by atoms with Gasteiger partial charge in [-0.05, 0) is 28.5 Å². The molecule has 0 bridgehead atoms. The van der Waals surface area contributed by atoms with Gasteiger partial charge in [-0.1, -0.05) is 47.6 Å². The molecule has 0 fully saturated rings. The Morgan fingerprint density at radius 2 is 1.50 bits per heavy atom. The molecule has 0 saturated heterocycles. The summed E-state index contributed by atoms with van der Waals surface area (Å²) >= 11 is 0. The summed E-state index contributed by atoms with van der Waals surface area (Å²) in [7, 11) is 2.51. The van der Waals surface area contributed by atoms with Crippen LogP contribution < -0.4 is 10.8 Å². The molecule has 1 atom stereocenters. The Hall–Kier alpha value is -3.64. The number of hydrogen-bond acceptors (Lipinski definition) is 8. The van der Waals surface area contributed by atoms with Crippen molar-refractivity contribution in [2.45, 2.75) is 47.0 Å². The minimum Gasteiger partial charge on any atom is -0.466 e. The fourth-order valence-electron chi connectivity index (χ4n) is 4.25. The van der Waals surface area contributed by atoms with E-state index in [0.717, 1.165) is 0 Å². The molecule has 1 unspecified atom stereocenters. The summed E-state index contributed by atoms with van der Waals surface area (Å²) in [4.78, 5) is 50.9. The van der Waals surface area contributed by atoms with E-state index < -0.39 is 34.5 Å². The van der Waals surface area contributed by atoms with Crippen molar-refractivity contribution in [1.29, 1.82) is 0 Å². The van der Waals surface area contributed by atoms with Gasteiger partial charge in [-0.15, -0.1) is 0 Å². The van der Waals surface area contributed by atoms with Crippen LogP contribution in [0, 0.1) is 11.3 Å². The van der Waals surface area contributed by atoms with Crippen LogP contribution >= 0.6 is 0 Å². The lowest BCUT2D eigenvalue weighted by Crippen LogP contribution is -2.47. The number of ether oxygens (including phenoxy) is 2. The van der Waals surface area contributed by atoms with Crippen LogP contribution in [0.5, 0.6) is 0 Å². The van der Waals surface area contributed by atoms with E-state index in [1.165, 1.54) is 26.4 Å². The number of allylic oxidation sites excluding steroid dienone is 1. The summed E-state index contributed by atoms with van der Waals surface area (Å²) < 4.78 is 20.0. The smallest absolute Gasteiger partial charge is 0.338 e. The van der Waals surface area contributed by atoms with Crippen LogP contribution in [0.4, 0.5) is 0 Å². The lowest BCUT2D eigenvalue weighted by atomic mass is 9.68. The number of ketones is 1. The zero-order valence-corrected chi connectivity index (χ0v) is 20.6. The Morgan fingerprint density at radius 1 is 0.912 bits per heavy atom. The van der Waals surface area contributed by atoms with Crippen molar-refractivity contribution in [3.63, 3.8) is 0 Å². The number of methoxy groups -OCH3 is 2. The van der Waals surface area contributed by atoms with Crippen molar-refractivity contribution in [2.75, 3.05) is 14.2 Å². The number of fused-ring (bicyclic) bond motifs is 1. The fraction of sp³-hybridized carbons (Fsp3) is 0.423. The van der Waals surface area contributed by atoms with Crippen LogP contribution in [-0.4, -0.2) is 37.9 Å². The van der Waals surface area contributed by atoms with Gasteiger partial charge in [-0.3, -0.25) is 13.9 Å². The molecule has 3 rings (SSSR count). The van der Waals surface area contributed by atoms with Gasteiger partial charge in [0.15, 0.2) is 5.78 Å². The van der Waals surface area contributed by atoms with Crippen molar-refractivity contribution in [2.24, 2.45) is 11.3 Å². The molecule has 1 aromatic heterocycles. The van der Waals surface area contributed by atoms with Gasteiger partial charge < -0.3 is 9.47 Å². The number of Topliss-reactive ketones (excluding diaryl/α,β-unsaturated/α-hetero) is 1. The molecule has 0 radical (unpaired) electrons. The Morgan fingerprint density at radius 3 is 1.94 bits per heavy atom. The number of esters is 2. The molecule has 0 aliphatic heterocycles. The molecule has 0 saturated carbocycles. The van der Waals surface area contributed by atoms with Crippen LogP contribution in [-0.2, 0) is 24.5 Å². The summed E-state index contributed by atoms with van der Waals surface area (Å²) in [6.07, 6.45) is 0. The predicted molar refractivity (Wildman–Crippen MR) is 122 cm³/mol. The molecule has 0 amide bonds. The zero-order valence-electron chi connectivity index (χ0n) is 20.6. The van der Waals surface area contributed by atoms with E-state index in [2.05, 4.69) is 0 Å². The van der Waals surface area contributed by atoms with Gasteiger partial charge in [0.2, 0.25) is 10.8 Å². The maximum Gasteiger partial charge on any atom is 0.338 e. The summed E-state index contributed by atoms with van der Waals surface area (Å²) in [6.45, 7) is 11.2. The SMILES string of the molecule is COC(=O)C1=c2ooc2=C(C(=O)c2ccc(C(=O)OC)c(C(C)(C)C)c2)C(=C=O)C1C(C)(C)C. The highest BCUT2D eigenvalue weighted by atomic mass is 17.0. The molecule has 1 aliphatic carbocycles. The topological polar surface area (TPSA) is 113 Å². The molecule has 0 N–H and O–H groups in total. The molecule has 2 aromatic rings. The molecule has 1 heterocycles. The first-order chi connectivity index (χ1) is 15.8. The van der Waals surface area contributed by atoms with E-state index in [0.29, 0.717) is 11.1 Å². The summed E-state index contributed by atoms with van der Waals surface area (Å²) in [6, 6.07) is 4.62. The van der Waals surface area contributed by atoms with Crippen LogP contribution in [0.1, 0.15) is 67.8 Å². The third-order valence-electron chi connectivity index (χ3n) is 5.84. The van der Waals surface area contributed by atoms with Gasteiger partial charge in [-0.25, -0.2) is 14.4 Å². The second-order valence-electron chi connectivity index (χ2n) is 10.3. The third-order valence-corrected chi connectivity index (χ3v) is 5.84. The molecule has 8 nitrogen and oxygen atoms in total. The molecule has 1 aliphatic rings. The number of rotatable bonds is 4. The Balaban J connectivity index is 2.32. The Labute approximate surface area is 196 Å². The monoisotopic (exact) mass is 468 g/mol. The van der Waals surface area contributed by atoms with Crippen molar-refractivity contribution in [3.8, 4) is 0 Å². The lowest BCUT2D eigenvalue weighted by molar-refractivity contribution is -0.135. The highest BCUT2D eigenvalue weighted by Gasteiger charge is 2.45. The second-order valence-corrected chi connectivity index (χ2v) is 10.3. The first-order valence-corrected chi connectivity index (χ1v) is 10.7. The Kier molecular flexibility index (Phi) is 6.33. The van der Waals surface area contributed by atoms with Gasteiger partial charge >= 0.3 is 11.9 Å². The normalized spacial score (nSPS) is 16.1. The number of benzene rings is 1. The lowest BCUT2D eigenvalue weighted by Gasteiger charge is -2.34. The van der Waals surface area contributed by atoms with Gasteiger partial charge in [-0.2, -0.15) is 0 Å². The van der Waals surface area contributed by atoms with Gasteiger partial charge in [0.1, 0.15) is 5.94 Å². The van der Waals surface area contributed by atoms with Gasteiger partial charge in [0.25, 0.3) is 0 Å². The molecule has 180 valence electrons. The largest absolute Gasteiger partial charge is 0.466 e. The van der Waals surface area contributed by atoms with Crippen molar-refractivity contribution in [1.82, 2.24) is 0 Å². The van der Waals surface area contributed by atoms with Crippen LogP contribution in [0.2, 0.25) is 0 Å². The molecular formula is C26H28O8. The minimum absolute atomic E-state index is 0.0152. The highest BCUT2D eigenvalue weighted by molar-refractivity contribution is 6.31. The summed E-state index contributed by atoms with van der Waals surface area (Å²) in [5.74, 6) is -0.675. The average Bonchev–Trinajstić information content (AvgIpc) is 2.75. The van der Waals surface area contributed by atoms with E-state index in [-0.39, 0.29) is 33.1 Å². The maximum atomic E-state index is 13.8. The zero-order chi connectivity index (χ0) is 25.6. The van der Waals surface area contributed by atoms with E-state index >= 15 is 0 Å². The van der Waals surface area contributed by atoms with Crippen molar-refractivity contribution >= 4 is 34.8 Å². The predicted octanol–water partition coefficient (Wildman–Crippen LogP) is 2.75. The van der Waals surface area contributed by atoms with Crippen molar-refractivity contribution < 1.29 is 37.8 Å². The molecule has 1 aromatic carbocycles. The third kappa shape index (κ3) is 4.05. The summed E-state index contributed by atoms with van der Waals surface area (Å²) in [5.41, 5.74) is 0.125. The summed E-state index contributed by atoms with van der Waals surface area (Å²) in [5, 5.41) is 0. The van der Waals surface area contributed by atoms with Gasteiger partial charge in [0, 0.05) is 11.5 Å². The quantitative estimate of drug-likeness (QED) is 0.291. The Bertz CT molecular complexity index is 1340. The number of carbonyl (C=O) groups excluding carboxylic acids is 4. The molecule has 0 spiro atoms. The molecule has 8 heteroatoms. The number of carbonyl (C=O) groups is 3. The van der Waals surface area contributed by atoms with Gasteiger partial charge in [0.05, 0.1) is 36.5 Å². The second kappa shape index (κ2) is 8.61. The first-order valence-electron chi connectivity index (χ1n) is 10.7. The van der Waals surface area contributed by atoms with E-state index in [4.69, 9.17) is 18.6 Å². The van der Waals surface area contributed by atoms with Crippen LogP contribution in [0.25, 0.3) is 11.1 Å². The van der Waals surface area contributed by atoms with Crippen LogP contribution in [0.15, 0.2) is 32.9 Å². The fourth-order valence-corrected chi connectivity index (χ4v) is 4.25. The van der Waals surface area contributed by atoms with Crippen molar-refractivity contribution in [3.05, 3.63) is 51.3 Å². The maximum absolute atomic E-state index is 13.8. The molecular weight excluding hydrogens is 440 g/mol. The molecule has 34 heavy (non-hydrogen) atoms. The van der Waals surface area contributed by atoms with E-state index in [9.17, 15) is 19.2 Å². The number of hydrogen-bond donors (Lipinski definition) is 0. The highest BCUT2D eigenvalue weighted by Crippen LogP contribution is 2.42. The average molecular weight is 469 g/mol.